The lowest BCUT2D eigenvalue weighted by molar-refractivity contribution is -0.140. The molecule has 2 heterocycles. The van der Waals surface area contributed by atoms with Crippen molar-refractivity contribution in [3.8, 4) is 5.75 Å². The molecular formula is C28H28N2O4. The van der Waals surface area contributed by atoms with Crippen LogP contribution in [-0.4, -0.2) is 33.3 Å². The first-order valence-electron chi connectivity index (χ1n) is 11.4. The first kappa shape index (κ1) is 23.2. The number of carbonyl (C=O) groups is 2. The Labute approximate surface area is 199 Å². The Morgan fingerprint density at radius 1 is 1.06 bits per heavy atom. The topological polar surface area (TPSA) is 79.7 Å². The van der Waals surface area contributed by atoms with Gasteiger partial charge in [0.2, 0.25) is 0 Å². The van der Waals surface area contributed by atoms with Gasteiger partial charge in [-0.3, -0.25) is 14.6 Å². The SMILES string of the molecule is CCOc1cccc(/C(O)=C2/C(=O)C(=O)N(Cc3ccncc3)C2c2ccc(C(C)C)cc2)c1. The van der Waals surface area contributed by atoms with Gasteiger partial charge in [-0.05, 0) is 53.8 Å². The fourth-order valence-electron chi connectivity index (χ4n) is 4.19. The Balaban J connectivity index is 1.84. The quantitative estimate of drug-likeness (QED) is 0.299. The van der Waals surface area contributed by atoms with E-state index in [0.717, 1.165) is 16.7 Å². The average molecular weight is 457 g/mol. The molecule has 3 aromatic rings. The van der Waals surface area contributed by atoms with E-state index >= 15 is 0 Å². The van der Waals surface area contributed by atoms with Crippen LogP contribution < -0.4 is 4.74 Å². The number of Topliss-reactive ketones (excluding diaryl/α,β-unsaturated/α-hetero) is 1. The molecule has 1 unspecified atom stereocenters. The molecule has 2 aromatic carbocycles. The van der Waals surface area contributed by atoms with Crippen LogP contribution in [0.2, 0.25) is 0 Å². The summed E-state index contributed by atoms with van der Waals surface area (Å²) in [5, 5.41) is 11.3. The number of aliphatic hydroxyl groups is 1. The number of benzene rings is 2. The van der Waals surface area contributed by atoms with Crippen molar-refractivity contribution >= 4 is 17.4 Å². The Hall–Kier alpha value is -3.93. The van der Waals surface area contributed by atoms with Crippen LogP contribution in [0.3, 0.4) is 0 Å². The first-order chi connectivity index (χ1) is 16.4. The molecule has 4 rings (SSSR count). The Kier molecular flexibility index (Phi) is 6.77. The van der Waals surface area contributed by atoms with E-state index in [-0.39, 0.29) is 17.9 Å². The van der Waals surface area contributed by atoms with Gasteiger partial charge in [0.15, 0.2) is 0 Å². The first-order valence-corrected chi connectivity index (χ1v) is 11.4. The van der Waals surface area contributed by atoms with E-state index in [2.05, 4.69) is 18.8 Å². The molecule has 1 fully saturated rings. The van der Waals surface area contributed by atoms with Crippen molar-refractivity contribution in [2.24, 2.45) is 0 Å². The Morgan fingerprint density at radius 2 is 1.76 bits per heavy atom. The molecule has 0 radical (unpaired) electrons. The van der Waals surface area contributed by atoms with Crippen molar-refractivity contribution in [3.05, 3.63) is 101 Å². The zero-order valence-electron chi connectivity index (χ0n) is 19.6. The zero-order valence-corrected chi connectivity index (χ0v) is 19.6. The highest BCUT2D eigenvalue weighted by atomic mass is 16.5. The molecule has 1 aliphatic heterocycles. The van der Waals surface area contributed by atoms with E-state index in [4.69, 9.17) is 4.74 Å². The molecule has 0 spiro atoms. The number of pyridine rings is 1. The van der Waals surface area contributed by atoms with Crippen molar-refractivity contribution in [1.29, 1.82) is 0 Å². The molecule has 6 heteroatoms. The van der Waals surface area contributed by atoms with Gasteiger partial charge in [-0.15, -0.1) is 0 Å². The highest BCUT2D eigenvalue weighted by Gasteiger charge is 2.46. The van der Waals surface area contributed by atoms with Gasteiger partial charge >= 0.3 is 0 Å². The maximum atomic E-state index is 13.2. The predicted molar refractivity (Wildman–Crippen MR) is 130 cm³/mol. The summed E-state index contributed by atoms with van der Waals surface area (Å²) in [6, 6.07) is 17.7. The summed E-state index contributed by atoms with van der Waals surface area (Å²) in [6.07, 6.45) is 3.30. The third kappa shape index (κ3) is 4.57. The maximum Gasteiger partial charge on any atom is 0.295 e. The molecule has 0 aliphatic carbocycles. The molecule has 1 aromatic heterocycles. The normalized spacial score (nSPS) is 17.4. The molecule has 0 bridgehead atoms. The minimum atomic E-state index is -0.717. The summed E-state index contributed by atoms with van der Waals surface area (Å²) >= 11 is 0. The molecule has 1 amide bonds. The van der Waals surface area contributed by atoms with Crippen molar-refractivity contribution in [2.45, 2.75) is 39.3 Å². The summed E-state index contributed by atoms with van der Waals surface area (Å²) < 4.78 is 5.55. The number of ketones is 1. The van der Waals surface area contributed by atoms with E-state index in [0.29, 0.717) is 23.8 Å². The van der Waals surface area contributed by atoms with Crippen LogP contribution in [0.15, 0.2) is 78.6 Å². The third-order valence-electron chi connectivity index (χ3n) is 5.98. The number of nitrogens with zero attached hydrogens (tertiary/aromatic N) is 2. The number of amides is 1. The van der Waals surface area contributed by atoms with Gasteiger partial charge < -0.3 is 14.7 Å². The second-order valence-corrected chi connectivity index (χ2v) is 8.56. The molecule has 0 saturated carbocycles. The highest BCUT2D eigenvalue weighted by Crippen LogP contribution is 2.40. The average Bonchev–Trinajstić information content (AvgIpc) is 3.09. The Morgan fingerprint density at radius 3 is 2.41 bits per heavy atom. The van der Waals surface area contributed by atoms with Crippen molar-refractivity contribution in [2.75, 3.05) is 6.61 Å². The van der Waals surface area contributed by atoms with Gasteiger partial charge in [-0.2, -0.15) is 0 Å². The lowest BCUT2D eigenvalue weighted by Gasteiger charge is -2.26. The lowest BCUT2D eigenvalue weighted by atomic mass is 9.93. The molecule has 6 nitrogen and oxygen atoms in total. The summed E-state index contributed by atoms with van der Waals surface area (Å²) in [7, 11) is 0. The number of aliphatic hydroxyl groups excluding tert-OH is 1. The Bertz CT molecular complexity index is 1220. The van der Waals surface area contributed by atoms with E-state index in [1.165, 1.54) is 4.90 Å². The van der Waals surface area contributed by atoms with E-state index in [1.54, 1.807) is 36.7 Å². The summed E-state index contributed by atoms with van der Waals surface area (Å²) in [6.45, 7) is 6.78. The van der Waals surface area contributed by atoms with Gasteiger partial charge in [0.25, 0.3) is 11.7 Å². The largest absolute Gasteiger partial charge is 0.507 e. The van der Waals surface area contributed by atoms with Crippen LogP contribution in [0.1, 0.15) is 55.0 Å². The molecule has 1 aliphatic rings. The number of hydrogen-bond acceptors (Lipinski definition) is 5. The highest BCUT2D eigenvalue weighted by molar-refractivity contribution is 6.46. The van der Waals surface area contributed by atoms with Gasteiger partial charge in [0, 0.05) is 24.5 Å². The van der Waals surface area contributed by atoms with Crippen LogP contribution in [0.4, 0.5) is 0 Å². The van der Waals surface area contributed by atoms with Crippen LogP contribution in [0.25, 0.3) is 5.76 Å². The van der Waals surface area contributed by atoms with Crippen LogP contribution in [0.5, 0.6) is 5.75 Å². The standard InChI is InChI=1S/C28H28N2O4/c1-4-34-23-7-5-6-22(16-23)26(31)24-25(21-10-8-20(9-11-21)18(2)3)30(28(33)27(24)32)17-19-12-14-29-15-13-19/h5-16,18,25,31H,4,17H2,1-3H3/b26-24-. The molecule has 1 atom stereocenters. The van der Waals surface area contributed by atoms with Crippen molar-refractivity contribution in [1.82, 2.24) is 9.88 Å². The second-order valence-electron chi connectivity index (χ2n) is 8.56. The minimum Gasteiger partial charge on any atom is -0.507 e. The van der Waals surface area contributed by atoms with E-state index < -0.39 is 17.7 Å². The van der Waals surface area contributed by atoms with Gasteiger partial charge in [-0.1, -0.05) is 50.2 Å². The lowest BCUT2D eigenvalue weighted by Crippen LogP contribution is -2.29. The second kappa shape index (κ2) is 9.91. The molecule has 1 N–H and O–H groups in total. The van der Waals surface area contributed by atoms with Gasteiger partial charge in [-0.25, -0.2) is 0 Å². The molecular weight excluding hydrogens is 428 g/mol. The zero-order chi connectivity index (χ0) is 24.2. The van der Waals surface area contributed by atoms with Gasteiger partial charge in [0.05, 0.1) is 18.2 Å². The fraction of sp³-hybridized carbons (Fsp3) is 0.250. The monoisotopic (exact) mass is 456 g/mol. The molecule has 174 valence electrons. The molecule has 34 heavy (non-hydrogen) atoms. The van der Waals surface area contributed by atoms with E-state index in [1.807, 2.05) is 43.3 Å². The number of rotatable bonds is 7. The third-order valence-corrected chi connectivity index (χ3v) is 5.98. The maximum absolute atomic E-state index is 13.2. The predicted octanol–water partition coefficient (Wildman–Crippen LogP) is 5.23. The van der Waals surface area contributed by atoms with Crippen LogP contribution in [-0.2, 0) is 16.1 Å². The smallest absolute Gasteiger partial charge is 0.295 e. The number of ether oxygens (including phenoxy) is 1. The van der Waals surface area contributed by atoms with Crippen LogP contribution >= 0.6 is 0 Å². The summed E-state index contributed by atoms with van der Waals surface area (Å²) in [5.41, 5.74) is 3.26. The number of carbonyl (C=O) groups excluding carboxylic acids is 2. The number of aromatic nitrogens is 1. The molecule has 1 saturated heterocycles. The van der Waals surface area contributed by atoms with E-state index in [9.17, 15) is 14.7 Å². The minimum absolute atomic E-state index is 0.0741. The van der Waals surface area contributed by atoms with Crippen molar-refractivity contribution in [3.63, 3.8) is 0 Å². The van der Waals surface area contributed by atoms with Crippen molar-refractivity contribution < 1.29 is 19.4 Å². The summed E-state index contributed by atoms with van der Waals surface area (Å²) in [4.78, 5) is 32.0. The van der Waals surface area contributed by atoms with Crippen LogP contribution in [0, 0.1) is 0 Å². The number of hydrogen-bond donors (Lipinski definition) is 1. The van der Waals surface area contributed by atoms with Gasteiger partial charge in [0.1, 0.15) is 11.5 Å². The number of likely N-dealkylation sites (tertiary alicyclic amines) is 1. The summed E-state index contributed by atoms with van der Waals surface area (Å²) in [5.74, 6) is -0.632. The fourth-order valence-corrected chi connectivity index (χ4v) is 4.19.